The number of halogens is 1. The van der Waals surface area contributed by atoms with Crippen LogP contribution in [0.3, 0.4) is 0 Å². The second kappa shape index (κ2) is 3.96. The van der Waals surface area contributed by atoms with Crippen molar-refractivity contribution in [2.45, 2.75) is 6.92 Å². The highest BCUT2D eigenvalue weighted by molar-refractivity contribution is 5.49. The molecule has 1 heterocycles. The molecule has 0 atom stereocenters. The minimum atomic E-state index is -0.140. The number of hydrogen-bond acceptors (Lipinski definition) is 2. The summed E-state index contributed by atoms with van der Waals surface area (Å²) in [6.45, 7) is 5.81. The molecule has 1 fully saturated rings. The van der Waals surface area contributed by atoms with Gasteiger partial charge >= 0.3 is 0 Å². The highest BCUT2D eigenvalue weighted by Gasteiger charge is 2.11. The number of benzene rings is 1. The molecule has 1 aliphatic heterocycles. The fourth-order valence-corrected chi connectivity index (χ4v) is 1.82. The smallest absolute Gasteiger partial charge is 0.125 e. The van der Waals surface area contributed by atoms with Crippen molar-refractivity contribution >= 4 is 5.69 Å². The Hall–Kier alpha value is -1.09. The SMILES string of the molecule is Cc1cc(F)cc(N2CCNCC2)c1. The lowest BCUT2D eigenvalue weighted by Gasteiger charge is -2.29. The van der Waals surface area contributed by atoms with E-state index in [-0.39, 0.29) is 5.82 Å². The molecule has 0 amide bonds. The van der Waals surface area contributed by atoms with Crippen LogP contribution in [0, 0.1) is 12.7 Å². The second-order valence-corrected chi connectivity index (χ2v) is 3.72. The standard InChI is InChI=1S/C11H15FN2/c1-9-6-10(12)8-11(7-9)14-4-2-13-3-5-14/h6-8,13H,2-5H2,1H3. The number of nitrogens with one attached hydrogen (secondary N) is 1. The van der Waals surface area contributed by atoms with Crippen LogP contribution >= 0.6 is 0 Å². The zero-order chi connectivity index (χ0) is 9.97. The first-order valence-corrected chi connectivity index (χ1v) is 4.98. The van der Waals surface area contributed by atoms with Crippen molar-refractivity contribution in [3.05, 3.63) is 29.6 Å². The van der Waals surface area contributed by atoms with E-state index in [9.17, 15) is 4.39 Å². The summed E-state index contributed by atoms with van der Waals surface area (Å²) in [5.41, 5.74) is 1.99. The third kappa shape index (κ3) is 2.04. The molecule has 76 valence electrons. The van der Waals surface area contributed by atoms with E-state index >= 15 is 0 Å². The summed E-state index contributed by atoms with van der Waals surface area (Å²) in [4.78, 5) is 2.21. The Bertz CT molecular complexity index is 299. The third-order valence-electron chi connectivity index (χ3n) is 2.51. The average Bonchev–Trinajstić information content (AvgIpc) is 2.18. The third-order valence-corrected chi connectivity index (χ3v) is 2.51. The largest absolute Gasteiger partial charge is 0.369 e. The Morgan fingerprint density at radius 2 is 1.93 bits per heavy atom. The Kier molecular flexibility index (Phi) is 2.68. The van der Waals surface area contributed by atoms with E-state index in [0.717, 1.165) is 37.4 Å². The second-order valence-electron chi connectivity index (χ2n) is 3.72. The molecule has 0 aliphatic carbocycles. The summed E-state index contributed by atoms with van der Waals surface area (Å²) in [5, 5.41) is 3.28. The molecule has 3 heteroatoms. The van der Waals surface area contributed by atoms with Crippen LogP contribution < -0.4 is 10.2 Å². The molecule has 0 spiro atoms. The highest BCUT2D eigenvalue weighted by atomic mass is 19.1. The van der Waals surface area contributed by atoms with Crippen LogP contribution in [-0.4, -0.2) is 26.2 Å². The quantitative estimate of drug-likeness (QED) is 0.729. The first-order valence-electron chi connectivity index (χ1n) is 4.98. The van der Waals surface area contributed by atoms with Gasteiger partial charge in [0.1, 0.15) is 5.82 Å². The van der Waals surface area contributed by atoms with Gasteiger partial charge in [0.05, 0.1) is 0 Å². The Balaban J connectivity index is 2.21. The van der Waals surface area contributed by atoms with Crippen molar-refractivity contribution in [2.24, 2.45) is 0 Å². The molecule has 0 bridgehead atoms. The fraction of sp³-hybridized carbons (Fsp3) is 0.455. The van der Waals surface area contributed by atoms with Gasteiger partial charge in [-0.15, -0.1) is 0 Å². The van der Waals surface area contributed by atoms with E-state index in [2.05, 4.69) is 10.2 Å². The van der Waals surface area contributed by atoms with E-state index in [4.69, 9.17) is 0 Å². The van der Waals surface area contributed by atoms with Gasteiger partial charge in [-0.3, -0.25) is 0 Å². The molecular formula is C11H15FN2. The fourth-order valence-electron chi connectivity index (χ4n) is 1.82. The van der Waals surface area contributed by atoms with E-state index < -0.39 is 0 Å². The molecule has 0 unspecified atom stereocenters. The van der Waals surface area contributed by atoms with E-state index in [1.165, 1.54) is 0 Å². The number of aryl methyl sites for hydroxylation is 1. The summed E-state index contributed by atoms with van der Waals surface area (Å²) >= 11 is 0. The van der Waals surface area contributed by atoms with Gasteiger partial charge in [0.15, 0.2) is 0 Å². The van der Waals surface area contributed by atoms with Gasteiger partial charge in [-0.25, -0.2) is 4.39 Å². The van der Waals surface area contributed by atoms with Crippen molar-refractivity contribution in [1.29, 1.82) is 0 Å². The van der Waals surface area contributed by atoms with Crippen molar-refractivity contribution in [3.8, 4) is 0 Å². The number of rotatable bonds is 1. The highest BCUT2D eigenvalue weighted by Crippen LogP contribution is 2.18. The summed E-state index contributed by atoms with van der Waals surface area (Å²) < 4.78 is 13.1. The minimum Gasteiger partial charge on any atom is -0.369 e. The van der Waals surface area contributed by atoms with Crippen molar-refractivity contribution in [3.63, 3.8) is 0 Å². The number of piperazine rings is 1. The van der Waals surface area contributed by atoms with Crippen LogP contribution in [-0.2, 0) is 0 Å². The molecular weight excluding hydrogens is 179 g/mol. The van der Waals surface area contributed by atoms with Crippen LogP contribution in [0.2, 0.25) is 0 Å². The number of nitrogens with zero attached hydrogens (tertiary/aromatic N) is 1. The lowest BCUT2D eigenvalue weighted by atomic mass is 10.2. The molecule has 1 aliphatic rings. The maximum atomic E-state index is 13.1. The van der Waals surface area contributed by atoms with Crippen LogP contribution in [0.15, 0.2) is 18.2 Å². The Morgan fingerprint density at radius 1 is 1.21 bits per heavy atom. The maximum absolute atomic E-state index is 13.1. The number of hydrogen-bond donors (Lipinski definition) is 1. The summed E-state index contributed by atoms with van der Waals surface area (Å²) in [5.74, 6) is -0.140. The predicted molar refractivity (Wildman–Crippen MR) is 56.2 cm³/mol. The topological polar surface area (TPSA) is 15.3 Å². The molecule has 0 aromatic heterocycles. The van der Waals surface area contributed by atoms with Crippen LogP contribution in [0.1, 0.15) is 5.56 Å². The van der Waals surface area contributed by atoms with Crippen LogP contribution in [0.5, 0.6) is 0 Å². The van der Waals surface area contributed by atoms with E-state index in [0.29, 0.717) is 0 Å². The molecule has 1 aromatic rings. The van der Waals surface area contributed by atoms with Gasteiger partial charge in [-0.05, 0) is 30.7 Å². The molecule has 1 aromatic carbocycles. The van der Waals surface area contributed by atoms with Crippen molar-refractivity contribution in [2.75, 3.05) is 31.1 Å². The van der Waals surface area contributed by atoms with Gasteiger partial charge in [0, 0.05) is 31.9 Å². The van der Waals surface area contributed by atoms with Gasteiger partial charge < -0.3 is 10.2 Å². The Labute approximate surface area is 83.7 Å². The predicted octanol–water partition coefficient (Wildman–Crippen LogP) is 1.54. The van der Waals surface area contributed by atoms with Crippen molar-refractivity contribution in [1.82, 2.24) is 5.32 Å². The Morgan fingerprint density at radius 3 is 2.57 bits per heavy atom. The van der Waals surface area contributed by atoms with E-state index in [1.807, 2.05) is 13.0 Å². The minimum absolute atomic E-state index is 0.140. The molecule has 2 nitrogen and oxygen atoms in total. The van der Waals surface area contributed by atoms with E-state index in [1.54, 1.807) is 12.1 Å². The monoisotopic (exact) mass is 194 g/mol. The zero-order valence-electron chi connectivity index (χ0n) is 8.39. The first-order chi connectivity index (χ1) is 6.75. The van der Waals surface area contributed by atoms with Gasteiger partial charge in [0.25, 0.3) is 0 Å². The maximum Gasteiger partial charge on any atom is 0.125 e. The summed E-state index contributed by atoms with van der Waals surface area (Å²) in [7, 11) is 0. The van der Waals surface area contributed by atoms with Crippen molar-refractivity contribution < 1.29 is 4.39 Å². The molecule has 2 rings (SSSR count). The normalized spacial score (nSPS) is 17.1. The van der Waals surface area contributed by atoms with Crippen LogP contribution in [0.25, 0.3) is 0 Å². The zero-order valence-corrected chi connectivity index (χ0v) is 8.39. The molecule has 1 saturated heterocycles. The lowest BCUT2D eigenvalue weighted by Crippen LogP contribution is -2.43. The first kappa shape index (κ1) is 9.46. The number of anilines is 1. The summed E-state index contributed by atoms with van der Waals surface area (Å²) in [6, 6.07) is 5.21. The van der Waals surface area contributed by atoms with Crippen LogP contribution in [0.4, 0.5) is 10.1 Å². The molecule has 14 heavy (non-hydrogen) atoms. The molecule has 0 radical (unpaired) electrons. The van der Waals surface area contributed by atoms with Gasteiger partial charge in [-0.2, -0.15) is 0 Å². The molecule has 1 N–H and O–H groups in total. The summed E-state index contributed by atoms with van der Waals surface area (Å²) in [6.07, 6.45) is 0. The van der Waals surface area contributed by atoms with Gasteiger partial charge in [0.2, 0.25) is 0 Å². The lowest BCUT2D eigenvalue weighted by molar-refractivity contribution is 0.584. The molecule has 0 saturated carbocycles. The van der Waals surface area contributed by atoms with Gasteiger partial charge in [-0.1, -0.05) is 0 Å². The average molecular weight is 194 g/mol.